The van der Waals surface area contributed by atoms with Crippen molar-refractivity contribution in [1.82, 2.24) is 19.5 Å². The van der Waals surface area contributed by atoms with Gasteiger partial charge >= 0.3 is 0 Å². The molecule has 1 atom stereocenters. The highest BCUT2D eigenvalue weighted by Crippen LogP contribution is 2.27. The van der Waals surface area contributed by atoms with Crippen LogP contribution in [-0.2, 0) is 22.8 Å². The van der Waals surface area contributed by atoms with Gasteiger partial charge in [0.1, 0.15) is 17.5 Å². The van der Waals surface area contributed by atoms with Crippen LogP contribution in [0, 0.1) is 5.82 Å². The SMILES string of the molecule is C[C@H](CO)Nc1cc(NS(=O)(=O)c2cn(C)cn2)nc(SCc2cccc(Cl)c2F)n1. The minimum Gasteiger partial charge on any atom is -0.394 e. The number of nitrogens with one attached hydrogen (secondary N) is 2. The molecule has 3 N–H and O–H groups in total. The summed E-state index contributed by atoms with van der Waals surface area (Å²) in [6.07, 6.45) is 2.72. The van der Waals surface area contributed by atoms with E-state index in [4.69, 9.17) is 11.6 Å². The lowest BCUT2D eigenvalue weighted by Gasteiger charge is -2.14. The standard InChI is InChI=1S/C18H20ClFN6O3S2/c1-11(8-27)22-14-6-15(25-31(28,29)16-7-26(2)10-21-16)24-18(23-14)30-9-12-4-3-5-13(19)17(12)20/h3-7,10-11,27H,8-9H2,1-2H3,(H2,22,23,24,25)/t11-/m1/s1. The number of aryl methyl sites for hydroxylation is 1. The summed E-state index contributed by atoms with van der Waals surface area (Å²) in [7, 11) is -2.32. The highest BCUT2D eigenvalue weighted by molar-refractivity contribution is 7.98. The van der Waals surface area contributed by atoms with Gasteiger partial charge in [0.25, 0.3) is 10.0 Å². The van der Waals surface area contributed by atoms with Crippen molar-refractivity contribution < 1.29 is 17.9 Å². The molecule has 0 saturated carbocycles. The van der Waals surface area contributed by atoms with Crippen molar-refractivity contribution in [1.29, 1.82) is 0 Å². The van der Waals surface area contributed by atoms with Crippen molar-refractivity contribution in [2.75, 3.05) is 16.6 Å². The highest BCUT2D eigenvalue weighted by Gasteiger charge is 2.19. The zero-order valence-corrected chi connectivity index (χ0v) is 19.0. The summed E-state index contributed by atoms with van der Waals surface area (Å²) in [5, 5.41) is 12.3. The van der Waals surface area contributed by atoms with Crippen molar-refractivity contribution in [2.45, 2.75) is 28.9 Å². The van der Waals surface area contributed by atoms with Gasteiger partial charge in [0, 0.05) is 31.1 Å². The van der Waals surface area contributed by atoms with Crippen molar-refractivity contribution in [2.24, 2.45) is 7.05 Å². The Morgan fingerprint density at radius 3 is 2.74 bits per heavy atom. The van der Waals surface area contributed by atoms with E-state index in [2.05, 4.69) is 25.0 Å². The van der Waals surface area contributed by atoms with E-state index in [-0.39, 0.29) is 39.4 Å². The lowest BCUT2D eigenvalue weighted by molar-refractivity contribution is 0.281. The molecule has 0 unspecified atom stereocenters. The van der Waals surface area contributed by atoms with Gasteiger partial charge < -0.3 is 15.0 Å². The van der Waals surface area contributed by atoms with Crippen LogP contribution in [0.3, 0.4) is 0 Å². The Balaban J connectivity index is 1.88. The van der Waals surface area contributed by atoms with Gasteiger partial charge in [-0.15, -0.1) is 0 Å². The van der Waals surface area contributed by atoms with E-state index in [1.807, 2.05) is 0 Å². The summed E-state index contributed by atoms with van der Waals surface area (Å²) in [6.45, 7) is 1.57. The number of imidazole rings is 1. The normalized spacial score (nSPS) is 12.5. The Labute approximate surface area is 188 Å². The van der Waals surface area contributed by atoms with Crippen LogP contribution in [-0.4, -0.2) is 45.7 Å². The summed E-state index contributed by atoms with van der Waals surface area (Å²) in [6, 6.07) is 5.74. The molecule has 0 saturated heterocycles. The number of nitrogens with zero attached hydrogens (tertiary/aromatic N) is 4. The molecule has 0 aliphatic carbocycles. The predicted octanol–water partition coefficient (Wildman–Crippen LogP) is 2.89. The second-order valence-corrected chi connectivity index (χ2v) is 9.61. The molecule has 9 nitrogen and oxygen atoms in total. The van der Waals surface area contributed by atoms with Crippen molar-refractivity contribution in [3.05, 3.63) is 53.2 Å². The number of rotatable bonds is 9. The maximum Gasteiger partial charge on any atom is 0.282 e. The molecule has 0 aliphatic heterocycles. The second kappa shape index (κ2) is 9.81. The molecular weight excluding hydrogens is 467 g/mol. The zero-order chi connectivity index (χ0) is 22.6. The molecule has 166 valence electrons. The third-order valence-electron chi connectivity index (χ3n) is 3.96. The highest BCUT2D eigenvalue weighted by atomic mass is 35.5. The lowest BCUT2D eigenvalue weighted by atomic mass is 10.2. The number of aliphatic hydroxyl groups is 1. The molecule has 13 heteroatoms. The van der Waals surface area contributed by atoms with Gasteiger partial charge in [0.05, 0.1) is 18.0 Å². The van der Waals surface area contributed by atoms with Crippen LogP contribution in [0.5, 0.6) is 0 Å². The maximum absolute atomic E-state index is 14.2. The molecule has 0 fully saturated rings. The van der Waals surface area contributed by atoms with E-state index in [0.29, 0.717) is 11.4 Å². The van der Waals surface area contributed by atoms with E-state index in [9.17, 15) is 17.9 Å². The fourth-order valence-electron chi connectivity index (χ4n) is 2.43. The number of hydrogen-bond acceptors (Lipinski definition) is 8. The van der Waals surface area contributed by atoms with Crippen LogP contribution in [0.2, 0.25) is 5.02 Å². The molecule has 3 aromatic rings. The van der Waals surface area contributed by atoms with Crippen molar-refractivity contribution in [3.63, 3.8) is 0 Å². The van der Waals surface area contributed by atoms with Crippen molar-refractivity contribution >= 4 is 45.0 Å². The van der Waals surface area contributed by atoms with Gasteiger partial charge in [0.2, 0.25) is 0 Å². The third kappa shape index (κ3) is 6.06. The molecule has 0 radical (unpaired) electrons. The van der Waals surface area contributed by atoms with Gasteiger partial charge in [-0.05, 0) is 18.6 Å². The molecule has 0 bridgehead atoms. The van der Waals surface area contributed by atoms with Crippen LogP contribution in [0.1, 0.15) is 12.5 Å². The number of aromatic nitrogens is 4. The number of sulfonamides is 1. The average molecular weight is 487 g/mol. The number of halogens is 2. The monoisotopic (exact) mass is 486 g/mol. The number of benzene rings is 1. The van der Waals surface area contributed by atoms with Gasteiger partial charge in [-0.3, -0.25) is 4.72 Å². The van der Waals surface area contributed by atoms with Crippen LogP contribution >= 0.6 is 23.4 Å². The van der Waals surface area contributed by atoms with Crippen LogP contribution in [0.25, 0.3) is 0 Å². The minimum absolute atomic E-state index is 0.00218. The Kier molecular flexibility index (Phi) is 7.36. The molecule has 3 rings (SSSR count). The third-order valence-corrected chi connectivity index (χ3v) is 6.38. The number of aliphatic hydroxyl groups excluding tert-OH is 1. The van der Waals surface area contributed by atoms with Crippen LogP contribution in [0.15, 0.2) is 47.0 Å². The first kappa shape index (κ1) is 23.3. The first-order valence-corrected chi connectivity index (χ1v) is 11.9. The molecular formula is C18H20ClFN6O3S2. The summed E-state index contributed by atoms with van der Waals surface area (Å²) >= 11 is 6.93. The van der Waals surface area contributed by atoms with E-state index in [0.717, 1.165) is 11.8 Å². The van der Waals surface area contributed by atoms with Gasteiger partial charge in [-0.2, -0.15) is 8.42 Å². The van der Waals surface area contributed by atoms with Gasteiger partial charge in [-0.1, -0.05) is 35.5 Å². The average Bonchev–Trinajstić information content (AvgIpc) is 3.16. The summed E-state index contributed by atoms with van der Waals surface area (Å²) in [5.74, 6) is -0.0553. The molecule has 0 amide bonds. The summed E-state index contributed by atoms with van der Waals surface area (Å²) < 4.78 is 43.2. The largest absolute Gasteiger partial charge is 0.394 e. The number of hydrogen-bond donors (Lipinski definition) is 3. The van der Waals surface area contributed by atoms with E-state index in [1.165, 1.54) is 29.2 Å². The summed E-state index contributed by atoms with van der Waals surface area (Å²) in [4.78, 5) is 12.4. The summed E-state index contributed by atoms with van der Waals surface area (Å²) in [5.41, 5.74) is 0.360. The Morgan fingerprint density at radius 1 is 1.32 bits per heavy atom. The Bertz CT molecular complexity index is 1170. The van der Waals surface area contributed by atoms with E-state index < -0.39 is 15.8 Å². The fraction of sp³-hybridized carbons (Fsp3) is 0.278. The molecule has 31 heavy (non-hydrogen) atoms. The Morgan fingerprint density at radius 2 is 2.06 bits per heavy atom. The van der Waals surface area contributed by atoms with Crippen LogP contribution < -0.4 is 10.0 Å². The molecule has 2 heterocycles. The van der Waals surface area contributed by atoms with Crippen molar-refractivity contribution in [3.8, 4) is 0 Å². The molecule has 1 aromatic carbocycles. The maximum atomic E-state index is 14.2. The Hall–Kier alpha value is -2.41. The van der Waals surface area contributed by atoms with Gasteiger partial charge in [-0.25, -0.2) is 19.3 Å². The molecule has 2 aromatic heterocycles. The smallest absolute Gasteiger partial charge is 0.282 e. The minimum atomic E-state index is -3.98. The quantitative estimate of drug-likeness (QED) is 0.312. The van der Waals surface area contributed by atoms with E-state index in [1.54, 1.807) is 26.1 Å². The first-order chi connectivity index (χ1) is 14.7. The molecule has 0 spiro atoms. The predicted molar refractivity (Wildman–Crippen MR) is 117 cm³/mol. The fourth-order valence-corrected chi connectivity index (χ4v) is 4.44. The lowest BCUT2D eigenvalue weighted by Crippen LogP contribution is -2.21. The number of thioether (sulfide) groups is 1. The second-order valence-electron chi connectivity index (χ2n) is 6.63. The van der Waals surface area contributed by atoms with Crippen LogP contribution in [0.4, 0.5) is 16.0 Å². The zero-order valence-electron chi connectivity index (χ0n) is 16.6. The molecule has 0 aliphatic rings. The topological polar surface area (TPSA) is 122 Å². The first-order valence-electron chi connectivity index (χ1n) is 9.01. The number of anilines is 2. The van der Waals surface area contributed by atoms with E-state index >= 15 is 0 Å². The van der Waals surface area contributed by atoms with Gasteiger partial charge in [0.15, 0.2) is 10.2 Å².